The topological polar surface area (TPSA) is 80.0 Å². The summed E-state index contributed by atoms with van der Waals surface area (Å²) < 4.78 is 18.8. The van der Waals surface area contributed by atoms with Gasteiger partial charge in [-0.1, -0.05) is 17.3 Å². The molecule has 1 atom stereocenters. The first-order chi connectivity index (χ1) is 11.1. The number of nitrogens with one attached hydrogen (secondary N) is 2. The number of hydrogen-bond donors (Lipinski definition) is 2. The van der Waals surface area contributed by atoms with Crippen molar-refractivity contribution in [3.05, 3.63) is 41.3 Å². The van der Waals surface area contributed by atoms with Crippen molar-refractivity contribution in [2.75, 3.05) is 12.3 Å². The molecule has 0 unspecified atom stereocenters. The number of carbonyl (C=O) groups is 1. The molecule has 2 heterocycles. The van der Waals surface area contributed by atoms with Gasteiger partial charge in [0, 0.05) is 23.6 Å². The molecule has 0 saturated carbocycles. The molecule has 0 saturated heterocycles. The van der Waals surface area contributed by atoms with E-state index in [4.69, 9.17) is 4.52 Å². The van der Waals surface area contributed by atoms with Gasteiger partial charge in [0.05, 0.1) is 6.04 Å². The lowest BCUT2D eigenvalue weighted by atomic mass is 10.0. The Kier molecular flexibility index (Phi) is 4.80. The number of amides is 2. The van der Waals surface area contributed by atoms with E-state index in [1.54, 1.807) is 13.0 Å². The quantitative estimate of drug-likeness (QED) is 0.897. The third-order valence-corrected chi connectivity index (χ3v) is 4.68. The van der Waals surface area contributed by atoms with Crippen LogP contribution in [0.5, 0.6) is 0 Å². The van der Waals surface area contributed by atoms with E-state index in [-0.39, 0.29) is 17.9 Å². The Balaban J connectivity index is 1.54. The molecule has 2 aromatic rings. The lowest BCUT2D eigenvalue weighted by molar-refractivity contribution is 0.236. The first-order valence-electron chi connectivity index (χ1n) is 7.38. The SMILES string of the molecule is Cc1noc(CCNC(=O)N[C@H]2CCSc3c(F)cccc32)n1. The van der Waals surface area contributed by atoms with E-state index in [1.807, 2.05) is 6.07 Å². The van der Waals surface area contributed by atoms with Gasteiger partial charge in [-0.2, -0.15) is 4.98 Å². The Morgan fingerprint density at radius 2 is 2.39 bits per heavy atom. The monoisotopic (exact) mass is 336 g/mol. The standard InChI is InChI=1S/C15H17FN4O2S/c1-9-18-13(22-20-9)5-7-17-15(21)19-12-6-8-23-14-10(12)3-2-4-11(14)16/h2-4,12H,5-8H2,1H3,(H2,17,19,21)/t12-/m0/s1. The molecule has 1 aliphatic rings. The molecule has 0 fully saturated rings. The van der Waals surface area contributed by atoms with Crippen LogP contribution in [-0.2, 0) is 6.42 Å². The van der Waals surface area contributed by atoms with E-state index in [0.717, 1.165) is 17.7 Å². The van der Waals surface area contributed by atoms with Crippen LogP contribution in [0.2, 0.25) is 0 Å². The predicted octanol–water partition coefficient (Wildman–Crippen LogP) is 2.60. The van der Waals surface area contributed by atoms with Crippen molar-refractivity contribution in [1.82, 2.24) is 20.8 Å². The highest BCUT2D eigenvalue weighted by Gasteiger charge is 2.24. The molecular formula is C15H17FN4O2S. The molecule has 8 heteroatoms. The molecule has 2 N–H and O–H groups in total. The normalized spacial score (nSPS) is 16.7. The van der Waals surface area contributed by atoms with Crippen molar-refractivity contribution in [3.63, 3.8) is 0 Å². The predicted molar refractivity (Wildman–Crippen MR) is 83.8 cm³/mol. The lowest BCUT2D eigenvalue weighted by Gasteiger charge is -2.26. The zero-order chi connectivity index (χ0) is 16.2. The summed E-state index contributed by atoms with van der Waals surface area (Å²) in [5.74, 6) is 1.61. The summed E-state index contributed by atoms with van der Waals surface area (Å²) in [6.45, 7) is 2.13. The average molecular weight is 336 g/mol. The summed E-state index contributed by atoms with van der Waals surface area (Å²) in [6.07, 6.45) is 1.25. The molecule has 6 nitrogen and oxygen atoms in total. The van der Waals surface area contributed by atoms with Crippen molar-refractivity contribution < 1.29 is 13.7 Å². The molecule has 122 valence electrons. The Morgan fingerprint density at radius 1 is 1.52 bits per heavy atom. The second kappa shape index (κ2) is 6.99. The Labute approximate surface area is 137 Å². The van der Waals surface area contributed by atoms with Crippen LogP contribution in [0, 0.1) is 12.7 Å². The number of hydrogen-bond acceptors (Lipinski definition) is 5. The number of urea groups is 1. The van der Waals surface area contributed by atoms with E-state index in [2.05, 4.69) is 20.8 Å². The largest absolute Gasteiger partial charge is 0.339 e. The number of carbonyl (C=O) groups excluding carboxylic acids is 1. The minimum atomic E-state index is -0.284. The second-order valence-electron chi connectivity index (χ2n) is 5.23. The van der Waals surface area contributed by atoms with Crippen molar-refractivity contribution in [2.45, 2.75) is 30.7 Å². The first kappa shape index (κ1) is 15.8. The van der Waals surface area contributed by atoms with Gasteiger partial charge < -0.3 is 15.2 Å². The van der Waals surface area contributed by atoms with E-state index in [9.17, 15) is 9.18 Å². The highest BCUT2D eigenvalue weighted by Crippen LogP contribution is 2.37. The summed E-state index contributed by atoms with van der Waals surface area (Å²) in [5.41, 5.74) is 0.837. The molecule has 1 aromatic carbocycles. The number of aryl methyl sites for hydroxylation is 1. The molecule has 1 aliphatic heterocycles. The number of nitrogens with zero attached hydrogens (tertiary/aromatic N) is 2. The number of halogens is 1. The average Bonchev–Trinajstić information content (AvgIpc) is 2.94. The Hall–Kier alpha value is -2.09. The van der Waals surface area contributed by atoms with Gasteiger partial charge in [-0.25, -0.2) is 9.18 Å². The van der Waals surface area contributed by atoms with Gasteiger partial charge in [0.25, 0.3) is 0 Å². The zero-order valence-corrected chi connectivity index (χ0v) is 13.5. The van der Waals surface area contributed by atoms with Gasteiger partial charge in [-0.05, 0) is 25.0 Å². The maximum Gasteiger partial charge on any atom is 0.315 e. The fraction of sp³-hybridized carbons (Fsp3) is 0.400. The van der Waals surface area contributed by atoms with Crippen molar-refractivity contribution in [1.29, 1.82) is 0 Å². The van der Waals surface area contributed by atoms with Crippen LogP contribution in [-0.4, -0.2) is 28.5 Å². The van der Waals surface area contributed by atoms with Gasteiger partial charge in [0.15, 0.2) is 5.82 Å². The highest BCUT2D eigenvalue weighted by molar-refractivity contribution is 7.99. The molecule has 23 heavy (non-hydrogen) atoms. The molecular weight excluding hydrogens is 319 g/mol. The summed E-state index contributed by atoms with van der Waals surface area (Å²) in [6, 6.07) is 4.52. The minimum Gasteiger partial charge on any atom is -0.339 e. The molecule has 0 aliphatic carbocycles. The fourth-order valence-electron chi connectivity index (χ4n) is 2.47. The molecule has 2 amide bonds. The zero-order valence-electron chi connectivity index (χ0n) is 12.6. The van der Waals surface area contributed by atoms with Crippen LogP contribution in [0.15, 0.2) is 27.6 Å². The Morgan fingerprint density at radius 3 is 3.17 bits per heavy atom. The van der Waals surface area contributed by atoms with Crippen LogP contribution < -0.4 is 10.6 Å². The lowest BCUT2D eigenvalue weighted by Crippen LogP contribution is -2.39. The second-order valence-corrected chi connectivity index (χ2v) is 6.34. The highest BCUT2D eigenvalue weighted by atomic mass is 32.2. The summed E-state index contributed by atoms with van der Waals surface area (Å²) >= 11 is 1.49. The first-order valence-corrected chi connectivity index (χ1v) is 8.37. The van der Waals surface area contributed by atoms with Gasteiger partial charge in [0.1, 0.15) is 5.82 Å². The molecule has 0 radical (unpaired) electrons. The van der Waals surface area contributed by atoms with Crippen LogP contribution in [0.25, 0.3) is 0 Å². The Bertz CT molecular complexity index is 707. The van der Waals surface area contributed by atoms with E-state index >= 15 is 0 Å². The number of fused-ring (bicyclic) bond motifs is 1. The smallest absolute Gasteiger partial charge is 0.315 e. The van der Waals surface area contributed by atoms with Crippen LogP contribution >= 0.6 is 11.8 Å². The molecule has 3 rings (SSSR count). The maximum absolute atomic E-state index is 13.8. The van der Waals surface area contributed by atoms with Crippen molar-refractivity contribution in [2.24, 2.45) is 0 Å². The van der Waals surface area contributed by atoms with E-state index < -0.39 is 0 Å². The molecule has 0 spiro atoms. The van der Waals surface area contributed by atoms with Crippen LogP contribution in [0.1, 0.15) is 29.7 Å². The summed E-state index contributed by atoms with van der Waals surface area (Å²) in [5, 5.41) is 9.34. The van der Waals surface area contributed by atoms with Gasteiger partial charge in [-0.15, -0.1) is 11.8 Å². The van der Waals surface area contributed by atoms with Gasteiger partial charge >= 0.3 is 6.03 Å². The van der Waals surface area contributed by atoms with Gasteiger partial charge in [0.2, 0.25) is 5.89 Å². The van der Waals surface area contributed by atoms with Crippen LogP contribution in [0.4, 0.5) is 9.18 Å². The van der Waals surface area contributed by atoms with Crippen molar-refractivity contribution in [3.8, 4) is 0 Å². The third kappa shape index (κ3) is 3.82. The van der Waals surface area contributed by atoms with E-state index in [0.29, 0.717) is 29.6 Å². The fourth-order valence-corrected chi connectivity index (χ4v) is 3.61. The van der Waals surface area contributed by atoms with Crippen molar-refractivity contribution >= 4 is 17.8 Å². The number of thioether (sulfide) groups is 1. The minimum absolute atomic E-state index is 0.174. The summed E-state index contributed by atoms with van der Waals surface area (Å²) in [7, 11) is 0. The number of rotatable bonds is 4. The number of benzene rings is 1. The van der Waals surface area contributed by atoms with Crippen LogP contribution in [0.3, 0.4) is 0 Å². The third-order valence-electron chi connectivity index (χ3n) is 3.53. The molecule has 0 bridgehead atoms. The summed E-state index contributed by atoms with van der Waals surface area (Å²) in [4.78, 5) is 16.7. The van der Waals surface area contributed by atoms with Gasteiger partial charge in [-0.3, -0.25) is 0 Å². The van der Waals surface area contributed by atoms with E-state index in [1.165, 1.54) is 17.8 Å². The molecule has 1 aromatic heterocycles. The maximum atomic E-state index is 13.8. The number of aromatic nitrogens is 2.